The summed E-state index contributed by atoms with van der Waals surface area (Å²) in [4.78, 5) is 0. The van der Waals surface area contributed by atoms with Crippen LogP contribution in [-0.2, 0) is 4.74 Å². The third kappa shape index (κ3) is 3.18. The fraction of sp³-hybridized carbons (Fsp3) is 0.462. The van der Waals surface area contributed by atoms with E-state index in [-0.39, 0.29) is 5.56 Å². The molecule has 1 N–H and O–H groups in total. The second kappa shape index (κ2) is 5.65. The summed E-state index contributed by atoms with van der Waals surface area (Å²) in [6, 6.07) is 6.38. The number of halogens is 1. The van der Waals surface area contributed by atoms with Crippen LogP contribution in [0.4, 0.5) is 10.1 Å². The molecule has 4 heteroatoms. The molecule has 2 rings (SSSR count). The van der Waals surface area contributed by atoms with E-state index < -0.39 is 5.82 Å². The summed E-state index contributed by atoms with van der Waals surface area (Å²) < 4.78 is 18.4. The molecule has 3 nitrogen and oxygen atoms in total. The number of benzene rings is 1. The summed E-state index contributed by atoms with van der Waals surface area (Å²) in [5.74, 6) is 0.128. The summed E-state index contributed by atoms with van der Waals surface area (Å²) >= 11 is 0. The zero-order valence-electron chi connectivity index (χ0n) is 9.58. The van der Waals surface area contributed by atoms with Crippen molar-refractivity contribution >= 4 is 5.69 Å². The molecule has 17 heavy (non-hydrogen) atoms. The molecule has 1 aliphatic heterocycles. The van der Waals surface area contributed by atoms with Crippen LogP contribution < -0.4 is 5.32 Å². The Morgan fingerprint density at radius 2 is 2.18 bits per heavy atom. The molecule has 1 fully saturated rings. The van der Waals surface area contributed by atoms with Crippen molar-refractivity contribution in [2.45, 2.75) is 12.8 Å². The van der Waals surface area contributed by atoms with E-state index in [1.807, 2.05) is 6.07 Å². The molecule has 0 bridgehead atoms. The Morgan fingerprint density at radius 3 is 2.88 bits per heavy atom. The Balaban J connectivity index is 1.92. The lowest BCUT2D eigenvalue weighted by Crippen LogP contribution is -2.22. The van der Waals surface area contributed by atoms with Crippen molar-refractivity contribution in [1.29, 1.82) is 5.26 Å². The summed E-state index contributed by atoms with van der Waals surface area (Å²) in [6.45, 7) is 2.48. The molecule has 0 aliphatic carbocycles. The van der Waals surface area contributed by atoms with E-state index in [0.29, 0.717) is 5.92 Å². The fourth-order valence-corrected chi connectivity index (χ4v) is 1.93. The van der Waals surface area contributed by atoms with Gasteiger partial charge in [-0.1, -0.05) is 0 Å². The molecule has 1 aliphatic rings. The zero-order chi connectivity index (χ0) is 12.1. The van der Waals surface area contributed by atoms with Crippen LogP contribution in [0.25, 0.3) is 0 Å². The average molecular weight is 234 g/mol. The van der Waals surface area contributed by atoms with Crippen molar-refractivity contribution in [3.63, 3.8) is 0 Å². The van der Waals surface area contributed by atoms with Crippen LogP contribution in [0.15, 0.2) is 18.2 Å². The van der Waals surface area contributed by atoms with Gasteiger partial charge < -0.3 is 10.1 Å². The standard InChI is InChI=1S/C13H15FN2O/c14-13-2-1-12(7-11(13)8-15)16-9-10-3-5-17-6-4-10/h1-2,7,10,16H,3-6,9H2. The largest absolute Gasteiger partial charge is 0.385 e. The van der Waals surface area contributed by atoms with Gasteiger partial charge in [-0.25, -0.2) is 4.39 Å². The molecule has 0 spiro atoms. The predicted octanol–water partition coefficient (Wildman–Crippen LogP) is 2.54. The predicted molar refractivity (Wildman–Crippen MR) is 63.1 cm³/mol. The number of nitriles is 1. The number of rotatable bonds is 3. The maximum absolute atomic E-state index is 13.1. The summed E-state index contributed by atoms with van der Waals surface area (Å²) in [5, 5.41) is 12.0. The van der Waals surface area contributed by atoms with Crippen molar-refractivity contribution in [1.82, 2.24) is 0 Å². The van der Waals surface area contributed by atoms with E-state index in [4.69, 9.17) is 10.00 Å². The van der Waals surface area contributed by atoms with Gasteiger partial charge in [-0.2, -0.15) is 5.26 Å². The van der Waals surface area contributed by atoms with Crippen molar-refractivity contribution < 1.29 is 9.13 Å². The highest BCUT2D eigenvalue weighted by Gasteiger charge is 2.13. The van der Waals surface area contributed by atoms with E-state index in [1.165, 1.54) is 6.07 Å². The van der Waals surface area contributed by atoms with E-state index in [1.54, 1.807) is 12.1 Å². The maximum Gasteiger partial charge on any atom is 0.141 e. The van der Waals surface area contributed by atoms with Gasteiger partial charge in [-0.05, 0) is 37.0 Å². The van der Waals surface area contributed by atoms with Gasteiger partial charge in [0.05, 0.1) is 5.56 Å². The highest BCUT2D eigenvalue weighted by atomic mass is 19.1. The van der Waals surface area contributed by atoms with Crippen molar-refractivity contribution in [3.05, 3.63) is 29.6 Å². The van der Waals surface area contributed by atoms with Gasteiger partial charge in [-0.3, -0.25) is 0 Å². The van der Waals surface area contributed by atoms with Gasteiger partial charge in [0.25, 0.3) is 0 Å². The first-order valence-corrected chi connectivity index (χ1v) is 5.81. The quantitative estimate of drug-likeness (QED) is 0.874. The maximum atomic E-state index is 13.1. The van der Waals surface area contributed by atoms with Gasteiger partial charge in [0.15, 0.2) is 0 Å². The third-order valence-electron chi connectivity index (χ3n) is 3.02. The van der Waals surface area contributed by atoms with E-state index in [0.717, 1.165) is 38.3 Å². The molecular formula is C13H15FN2O. The SMILES string of the molecule is N#Cc1cc(NCC2CCOCC2)ccc1F. The average Bonchev–Trinajstić information content (AvgIpc) is 2.39. The minimum atomic E-state index is -0.468. The first-order chi connectivity index (χ1) is 8.29. The van der Waals surface area contributed by atoms with E-state index in [2.05, 4.69) is 5.32 Å². The highest BCUT2D eigenvalue weighted by molar-refractivity contribution is 5.49. The molecule has 0 amide bonds. The lowest BCUT2D eigenvalue weighted by Gasteiger charge is -2.22. The van der Waals surface area contributed by atoms with Gasteiger partial charge >= 0.3 is 0 Å². The minimum absolute atomic E-state index is 0.0852. The lowest BCUT2D eigenvalue weighted by molar-refractivity contribution is 0.0699. The zero-order valence-corrected chi connectivity index (χ0v) is 9.58. The van der Waals surface area contributed by atoms with Crippen LogP contribution in [0.1, 0.15) is 18.4 Å². The minimum Gasteiger partial charge on any atom is -0.385 e. The molecule has 0 aromatic heterocycles. The van der Waals surface area contributed by atoms with Crippen LogP contribution in [0.3, 0.4) is 0 Å². The molecule has 1 aromatic carbocycles. The topological polar surface area (TPSA) is 45.0 Å². The second-order valence-corrected chi connectivity index (χ2v) is 4.24. The Bertz CT molecular complexity index is 422. The van der Waals surface area contributed by atoms with E-state index in [9.17, 15) is 4.39 Å². The monoisotopic (exact) mass is 234 g/mol. The Labute approximate surface area is 100 Å². The number of ether oxygens (including phenoxy) is 1. The number of hydrogen-bond acceptors (Lipinski definition) is 3. The van der Waals surface area contributed by atoms with Crippen LogP contribution >= 0.6 is 0 Å². The molecule has 1 saturated heterocycles. The first kappa shape index (κ1) is 11.9. The molecule has 0 atom stereocenters. The van der Waals surface area contributed by atoms with Gasteiger partial charge in [0.1, 0.15) is 11.9 Å². The molecule has 1 heterocycles. The normalized spacial score (nSPS) is 16.5. The molecule has 90 valence electrons. The number of nitrogens with one attached hydrogen (secondary N) is 1. The van der Waals surface area contributed by atoms with Gasteiger partial charge in [0.2, 0.25) is 0 Å². The fourth-order valence-electron chi connectivity index (χ4n) is 1.93. The molecule has 1 aromatic rings. The Morgan fingerprint density at radius 1 is 1.41 bits per heavy atom. The number of nitrogens with zero attached hydrogens (tertiary/aromatic N) is 1. The molecule has 0 radical (unpaired) electrons. The third-order valence-corrected chi connectivity index (χ3v) is 3.02. The second-order valence-electron chi connectivity index (χ2n) is 4.24. The van der Waals surface area contributed by atoms with Gasteiger partial charge in [-0.15, -0.1) is 0 Å². The Kier molecular flexibility index (Phi) is 3.94. The summed E-state index contributed by atoms with van der Waals surface area (Å²) in [5.41, 5.74) is 0.886. The summed E-state index contributed by atoms with van der Waals surface area (Å²) in [6.07, 6.45) is 2.11. The summed E-state index contributed by atoms with van der Waals surface area (Å²) in [7, 11) is 0. The highest BCUT2D eigenvalue weighted by Crippen LogP contribution is 2.18. The smallest absolute Gasteiger partial charge is 0.141 e. The molecule has 0 saturated carbocycles. The number of hydrogen-bond donors (Lipinski definition) is 1. The van der Waals surface area contributed by atoms with Crippen LogP contribution in [-0.4, -0.2) is 19.8 Å². The van der Waals surface area contributed by atoms with Crippen molar-refractivity contribution in [3.8, 4) is 6.07 Å². The van der Waals surface area contributed by atoms with Crippen molar-refractivity contribution in [2.24, 2.45) is 5.92 Å². The molecule has 0 unspecified atom stereocenters. The lowest BCUT2D eigenvalue weighted by atomic mass is 10.0. The van der Waals surface area contributed by atoms with Crippen LogP contribution in [0, 0.1) is 23.1 Å². The molecular weight excluding hydrogens is 219 g/mol. The van der Waals surface area contributed by atoms with Gasteiger partial charge in [0, 0.05) is 25.4 Å². The first-order valence-electron chi connectivity index (χ1n) is 5.81. The number of anilines is 1. The van der Waals surface area contributed by atoms with Crippen molar-refractivity contribution in [2.75, 3.05) is 25.1 Å². The van der Waals surface area contributed by atoms with E-state index >= 15 is 0 Å². The van der Waals surface area contributed by atoms with Crippen LogP contribution in [0.5, 0.6) is 0 Å². The van der Waals surface area contributed by atoms with Crippen LogP contribution in [0.2, 0.25) is 0 Å². The Hall–Kier alpha value is -1.60.